The second-order valence-electron chi connectivity index (χ2n) is 10.7. The Morgan fingerprint density at radius 1 is 0.680 bits per heavy atom. The van der Waals surface area contributed by atoms with Gasteiger partial charge in [-0.15, -0.1) is 0 Å². The highest BCUT2D eigenvalue weighted by Gasteiger charge is 2.23. The van der Waals surface area contributed by atoms with Gasteiger partial charge in [0.1, 0.15) is 25.3 Å². The molecular weight excluding hydrogens is 642 g/mol. The number of nitrogens with zero attached hydrogens (tertiary/aromatic N) is 2. The highest BCUT2D eigenvalue weighted by atomic mass is 16.6. The minimum absolute atomic E-state index is 0.00178. The smallest absolute Gasteiger partial charge is 0.408 e. The summed E-state index contributed by atoms with van der Waals surface area (Å²) in [5, 5.41) is 26.6. The van der Waals surface area contributed by atoms with Crippen LogP contribution in [0.15, 0.2) is 114 Å². The molecule has 50 heavy (non-hydrogen) atoms. The monoisotopic (exact) mass is 673 g/mol. The van der Waals surface area contributed by atoms with Crippen molar-refractivity contribution in [2.75, 3.05) is 0 Å². The Labute approximate surface area is 285 Å². The quantitative estimate of drug-likeness (QED) is 0.0836. The summed E-state index contributed by atoms with van der Waals surface area (Å²) >= 11 is 0. The van der Waals surface area contributed by atoms with Crippen LogP contribution in [-0.4, -0.2) is 63.0 Å². The molecule has 0 aliphatic heterocycles. The number of nitrogens with one attached hydrogen (secondary N) is 5. The lowest BCUT2D eigenvalue weighted by molar-refractivity contribution is 0.0947. The maximum absolute atomic E-state index is 13.1. The molecular formula is C36H31N7O7. The summed E-state index contributed by atoms with van der Waals surface area (Å²) in [7, 11) is 0. The van der Waals surface area contributed by atoms with E-state index in [1.807, 2.05) is 12.1 Å². The Morgan fingerprint density at radius 3 is 1.56 bits per heavy atom. The van der Waals surface area contributed by atoms with Gasteiger partial charge >= 0.3 is 17.9 Å². The molecule has 5 rings (SSSR count). The van der Waals surface area contributed by atoms with Crippen molar-refractivity contribution in [3.63, 3.8) is 0 Å². The van der Waals surface area contributed by atoms with E-state index < -0.39 is 41.5 Å². The summed E-state index contributed by atoms with van der Waals surface area (Å²) in [4.78, 5) is 63.4. The van der Waals surface area contributed by atoms with Crippen molar-refractivity contribution < 1.29 is 28.7 Å². The fourth-order valence-corrected chi connectivity index (χ4v) is 4.80. The van der Waals surface area contributed by atoms with Crippen molar-refractivity contribution in [3.05, 3.63) is 142 Å². The molecule has 0 saturated heterocycles. The van der Waals surface area contributed by atoms with Crippen molar-refractivity contribution in [3.8, 4) is 17.1 Å². The van der Waals surface area contributed by atoms with Crippen LogP contribution in [-0.2, 0) is 22.7 Å². The van der Waals surface area contributed by atoms with Crippen LogP contribution >= 0.6 is 0 Å². The number of amides is 2. The SMILES string of the molecule is N=C[C@H](NC(=O)OCc1ccccc1)C(=O)c1ccc(-c2n[nH]c(=O)n2-c2ccc(C(=O)[C@H](C=N)NC(=O)OCc3ccccc3)cc2)cc1. The van der Waals surface area contributed by atoms with E-state index >= 15 is 0 Å². The van der Waals surface area contributed by atoms with Crippen LogP contribution in [0.5, 0.6) is 0 Å². The molecule has 5 aromatic rings. The van der Waals surface area contributed by atoms with E-state index in [9.17, 15) is 24.0 Å². The first-order valence-corrected chi connectivity index (χ1v) is 15.2. The zero-order valence-electron chi connectivity index (χ0n) is 26.4. The summed E-state index contributed by atoms with van der Waals surface area (Å²) in [6.45, 7) is -0.00712. The topological polar surface area (TPSA) is 209 Å². The second-order valence-corrected chi connectivity index (χ2v) is 10.7. The van der Waals surface area contributed by atoms with E-state index in [4.69, 9.17) is 20.3 Å². The lowest BCUT2D eigenvalue weighted by Crippen LogP contribution is -2.42. The highest BCUT2D eigenvalue weighted by Crippen LogP contribution is 2.21. The van der Waals surface area contributed by atoms with E-state index in [-0.39, 0.29) is 30.2 Å². The van der Waals surface area contributed by atoms with Crippen LogP contribution in [0.1, 0.15) is 31.8 Å². The van der Waals surface area contributed by atoms with Crippen molar-refractivity contribution >= 4 is 36.2 Å². The van der Waals surface area contributed by atoms with Gasteiger partial charge in [-0.1, -0.05) is 84.9 Å². The number of rotatable bonds is 14. The molecule has 0 aliphatic carbocycles. The second kappa shape index (κ2) is 16.2. The molecule has 2 atom stereocenters. The number of aromatic nitrogens is 3. The number of hydrogen-bond donors (Lipinski definition) is 5. The van der Waals surface area contributed by atoms with Gasteiger partial charge < -0.3 is 30.9 Å². The predicted molar refractivity (Wildman–Crippen MR) is 183 cm³/mol. The van der Waals surface area contributed by atoms with Crippen LogP contribution < -0.4 is 16.3 Å². The van der Waals surface area contributed by atoms with Crippen molar-refractivity contribution in [1.29, 1.82) is 10.8 Å². The molecule has 0 aliphatic rings. The van der Waals surface area contributed by atoms with Crippen molar-refractivity contribution in [1.82, 2.24) is 25.4 Å². The van der Waals surface area contributed by atoms with E-state index in [0.29, 0.717) is 11.3 Å². The number of aromatic amines is 1. The number of ether oxygens (including phenoxy) is 2. The van der Waals surface area contributed by atoms with Gasteiger partial charge in [0.25, 0.3) is 0 Å². The molecule has 0 spiro atoms. The van der Waals surface area contributed by atoms with Gasteiger partial charge in [0.2, 0.25) is 0 Å². The van der Waals surface area contributed by atoms with Crippen LogP contribution in [0.25, 0.3) is 17.1 Å². The van der Waals surface area contributed by atoms with Gasteiger partial charge in [-0.25, -0.2) is 24.0 Å². The number of alkyl carbamates (subject to hydrolysis) is 2. The summed E-state index contributed by atoms with van der Waals surface area (Å²) in [5.74, 6) is -0.907. The third-order valence-corrected chi connectivity index (χ3v) is 7.38. The van der Waals surface area contributed by atoms with Gasteiger partial charge in [-0.3, -0.25) is 9.59 Å². The fraction of sp³-hybridized carbons (Fsp3) is 0.111. The first-order valence-electron chi connectivity index (χ1n) is 15.2. The van der Waals surface area contributed by atoms with E-state index in [0.717, 1.165) is 23.6 Å². The molecule has 4 aromatic carbocycles. The van der Waals surface area contributed by atoms with Gasteiger partial charge in [0, 0.05) is 29.1 Å². The molecule has 1 heterocycles. The van der Waals surface area contributed by atoms with Crippen LogP contribution in [0, 0.1) is 10.8 Å². The average Bonchev–Trinajstić information content (AvgIpc) is 3.55. The standard InChI is InChI=1S/C36H31N7O7/c37-19-29(39-35(47)49-21-23-7-3-1-4-8-23)31(44)25-11-13-27(14-12-25)33-41-42-34(46)43(33)28-17-15-26(16-18-28)32(45)30(20-38)40-36(48)50-22-24-9-5-2-6-10-24/h1-20,29-30,37-38H,21-22H2,(H,39,47)(H,40,48)(H,42,46)/t29-,30-/m0/s1. The Kier molecular flexibility index (Phi) is 11.2. The molecule has 1 aromatic heterocycles. The summed E-state index contributed by atoms with van der Waals surface area (Å²) in [5.41, 5.74) is 2.14. The van der Waals surface area contributed by atoms with Crippen LogP contribution in [0.2, 0.25) is 0 Å². The maximum atomic E-state index is 13.1. The summed E-state index contributed by atoms with van der Waals surface area (Å²) in [6, 6.07) is 27.4. The molecule has 14 nitrogen and oxygen atoms in total. The number of benzene rings is 4. The molecule has 5 N–H and O–H groups in total. The van der Waals surface area contributed by atoms with Gasteiger partial charge in [-0.2, -0.15) is 5.10 Å². The third kappa shape index (κ3) is 8.49. The van der Waals surface area contributed by atoms with E-state index in [1.165, 1.54) is 41.0 Å². The Bertz CT molecular complexity index is 2040. The first-order chi connectivity index (χ1) is 24.3. The first kappa shape index (κ1) is 34.4. The lowest BCUT2D eigenvalue weighted by Gasteiger charge is -2.14. The lowest BCUT2D eigenvalue weighted by atomic mass is 10.0. The Hall–Kier alpha value is -6.96. The number of carbonyl (C=O) groups excluding carboxylic acids is 4. The molecule has 2 amide bonds. The Morgan fingerprint density at radius 2 is 1.12 bits per heavy atom. The van der Waals surface area contributed by atoms with Gasteiger partial charge in [0.15, 0.2) is 17.4 Å². The maximum Gasteiger partial charge on any atom is 0.408 e. The molecule has 0 fully saturated rings. The van der Waals surface area contributed by atoms with Crippen molar-refractivity contribution in [2.45, 2.75) is 25.3 Å². The summed E-state index contributed by atoms with van der Waals surface area (Å²) < 4.78 is 11.6. The average molecular weight is 674 g/mol. The molecule has 0 saturated carbocycles. The fourth-order valence-electron chi connectivity index (χ4n) is 4.80. The Balaban J connectivity index is 1.23. The van der Waals surface area contributed by atoms with E-state index in [1.54, 1.807) is 60.7 Å². The molecule has 0 bridgehead atoms. The zero-order chi connectivity index (χ0) is 35.5. The predicted octanol–water partition coefficient (Wildman–Crippen LogP) is 4.48. The summed E-state index contributed by atoms with van der Waals surface area (Å²) in [6.07, 6.45) is -0.115. The zero-order valence-corrected chi connectivity index (χ0v) is 26.4. The largest absolute Gasteiger partial charge is 0.445 e. The minimum atomic E-state index is -1.28. The third-order valence-electron chi connectivity index (χ3n) is 7.38. The molecule has 0 radical (unpaired) electrons. The van der Waals surface area contributed by atoms with Crippen LogP contribution in [0.4, 0.5) is 9.59 Å². The number of H-pyrrole nitrogens is 1. The number of ketones is 2. The number of Topliss-reactive ketones (excluding diaryl/α,β-unsaturated/α-hetero) is 2. The van der Waals surface area contributed by atoms with Crippen molar-refractivity contribution in [2.24, 2.45) is 0 Å². The molecule has 14 heteroatoms. The number of carbonyl (C=O) groups is 4. The number of hydrogen-bond acceptors (Lipinski definition) is 10. The van der Waals surface area contributed by atoms with Gasteiger partial charge in [0.05, 0.1) is 5.69 Å². The van der Waals surface area contributed by atoms with E-state index in [2.05, 4.69) is 20.8 Å². The van der Waals surface area contributed by atoms with Crippen LogP contribution in [0.3, 0.4) is 0 Å². The molecule has 252 valence electrons. The molecule has 0 unspecified atom stereocenters. The minimum Gasteiger partial charge on any atom is -0.445 e. The highest BCUT2D eigenvalue weighted by molar-refractivity contribution is 6.11. The normalized spacial score (nSPS) is 11.8. The van der Waals surface area contributed by atoms with Gasteiger partial charge in [-0.05, 0) is 35.4 Å².